The highest BCUT2D eigenvalue weighted by Gasteiger charge is 2.25. The van der Waals surface area contributed by atoms with Crippen LogP contribution in [0.2, 0.25) is 10.0 Å². The quantitative estimate of drug-likeness (QED) is 0.0876. The zero-order chi connectivity index (χ0) is 27.7. The zero-order valence-electron chi connectivity index (χ0n) is 20.0. The predicted octanol–water partition coefficient (Wildman–Crippen LogP) is 2.54. The van der Waals surface area contributed by atoms with Gasteiger partial charge in [0.25, 0.3) is 5.91 Å². The van der Waals surface area contributed by atoms with Crippen LogP contribution in [-0.4, -0.2) is 52.1 Å². The Balaban J connectivity index is 2.23. The van der Waals surface area contributed by atoms with Crippen LogP contribution in [0.25, 0.3) is 0 Å². The van der Waals surface area contributed by atoms with Crippen molar-refractivity contribution in [3.63, 3.8) is 0 Å². The second kappa shape index (κ2) is 13.7. The maximum atomic E-state index is 13.3. The van der Waals surface area contributed by atoms with Gasteiger partial charge in [-0.3, -0.25) is 29.5 Å². The number of benzene rings is 2. The summed E-state index contributed by atoms with van der Waals surface area (Å²) in [5.74, 6) is -3.44. The summed E-state index contributed by atoms with van der Waals surface area (Å²) in [5, 5.41) is 18.5. The standard InChI is InChI=1S/C24H28Cl2N6O5/c1-14(33)16-4-2-5-19(10-16)32(30-13-15-8-17(25)11-18(26)9-15)22(35)12-21(34)31(24(28)29)7-3-6-20(27)23(36)37/h2,4-5,8-11,20,30H,3,6-7,12-13,27H2,1H3,(H3,28,29)(H,36,37). The number of nitrogens with one attached hydrogen (secondary N) is 2. The summed E-state index contributed by atoms with van der Waals surface area (Å²) in [6.45, 7) is 1.40. The Morgan fingerprint density at radius 3 is 2.30 bits per heavy atom. The molecule has 0 aliphatic carbocycles. The molecule has 7 N–H and O–H groups in total. The molecule has 0 fully saturated rings. The lowest BCUT2D eigenvalue weighted by molar-refractivity contribution is -0.138. The maximum Gasteiger partial charge on any atom is 0.320 e. The Bertz CT molecular complexity index is 1170. The molecular weight excluding hydrogens is 523 g/mol. The summed E-state index contributed by atoms with van der Waals surface area (Å²) >= 11 is 12.1. The van der Waals surface area contributed by atoms with Crippen LogP contribution in [0.15, 0.2) is 42.5 Å². The Morgan fingerprint density at radius 1 is 1.08 bits per heavy atom. The smallest absolute Gasteiger partial charge is 0.320 e. The zero-order valence-corrected chi connectivity index (χ0v) is 21.6. The number of Topliss-reactive ketones (excluding diaryl/α,β-unsaturated/α-hetero) is 1. The van der Waals surface area contributed by atoms with E-state index in [9.17, 15) is 19.2 Å². The third-order valence-electron chi connectivity index (χ3n) is 5.23. The summed E-state index contributed by atoms with van der Waals surface area (Å²) < 4.78 is 0. The molecule has 2 aromatic carbocycles. The molecule has 0 aliphatic rings. The van der Waals surface area contributed by atoms with Gasteiger partial charge in [0, 0.05) is 28.7 Å². The molecule has 0 bridgehead atoms. The van der Waals surface area contributed by atoms with Crippen LogP contribution in [0.5, 0.6) is 0 Å². The number of nitrogens with two attached hydrogens (primary N) is 2. The SMILES string of the molecule is CC(=O)c1cccc(N(NCc2cc(Cl)cc(Cl)c2)C(=O)CC(=O)N(CCCC(N)C(=O)O)C(=N)N)c1. The van der Waals surface area contributed by atoms with E-state index in [1.54, 1.807) is 36.4 Å². The molecule has 13 heteroatoms. The Hall–Kier alpha value is -3.51. The number of carbonyl (C=O) groups is 4. The fourth-order valence-corrected chi connectivity index (χ4v) is 3.92. The second-order valence-corrected chi connectivity index (χ2v) is 9.02. The van der Waals surface area contributed by atoms with E-state index >= 15 is 0 Å². The largest absolute Gasteiger partial charge is 0.480 e. The molecule has 2 aromatic rings. The number of anilines is 1. The first-order valence-corrected chi connectivity index (χ1v) is 11.9. The van der Waals surface area contributed by atoms with Gasteiger partial charge in [0.2, 0.25) is 5.91 Å². The molecule has 0 aromatic heterocycles. The van der Waals surface area contributed by atoms with E-state index in [0.29, 0.717) is 26.9 Å². The van der Waals surface area contributed by atoms with Crippen LogP contribution in [0.4, 0.5) is 5.69 Å². The van der Waals surface area contributed by atoms with Crippen molar-refractivity contribution >= 4 is 58.4 Å². The minimum absolute atomic E-state index is 0.0497. The van der Waals surface area contributed by atoms with E-state index in [-0.39, 0.29) is 31.7 Å². The number of halogens is 2. The summed E-state index contributed by atoms with van der Waals surface area (Å²) in [6.07, 6.45) is -0.461. The lowest BCUT2D eigenvalue weighted by Crippen LogP contribution is -2.48. The minimum Gasteiger partial charge on any atom is -0.480 e. The number of hydrogen-bond acceptors (Lipinski definition) is 7. The first-order valence-electron chi connectivity index (χ1n) is 11.1. The van der Waals surface area contributed by atoms with Crippen molar-refractivity contribution in [1.82, 2.24) is 10.3 Å². The van der Waals surface area contributed by atoms with Crippen LogP contribution in [-0.2, 0) is 20.9 Å². The molecule has 0 aliphatic heterocycles. The van der Waals surface area contributed by atoms with Crippen molar-refractivity contribution in [3.8, 4) is 0 Å². The first-order chi connectivity index (χ1) is 17.4. The minimum atomic E-state index is -1.19. The van der Waals surface area contributed by atoms with E-state index < -0.39 is 36.2 Å². The number of hydrogen-bond donors (Lipinski definition) is 5. The van der Waals surface area contributed by atoms with E-state index in [2.05, 4.69) is 5.43 Å². The Labute approximate surface area is 223 Å². The third kappa shape index (κ3) is 9.14. The van der Waals surface area contributed by atoms with Crippen molar-refractivity contribution in [3.05, 3.63) is 63.6 Å². The highest BCUT2D eigenvalue weighted by Crippen LogP contribution is 2.21. The van der Waals surface area contributed by atoms with Crippen molar-refractivity contribution in [1.29, 1.82) is 5.41 Å². The number of hydrazine groups is 1. The molecule has 0 spiro atoms. The summed E-state index contributed by atoms with van der Waals surface area (Å²) in [7, 11) is 0. The monoisotopic (exact) mass is 550 g/mol. The molecule has 0 radical (unpaired) electrons. The van der Waals surface area contributed by atoms with E-state index in [1.807, 2.05) is 0 Å². The molecule has 198 valence electrons. The molecule has 1 unspecified atom stereocenters. The van der Waals surface area contributed by atoms with Crippen molar-refractivity contribution in [2.45, 2.75) is 38.8 Å². The number of rotatable bonds is 12. The van der Waals surface area contributed by atoms with Gasteiger partial charge in [0.1, 0.15) is 12.5 Å². The van der Waals surface area contributed by atoms with E-state index in [1.165, 1.54) is 13.0 Å². The van der Waals surface area contributed by atoms with Crippen LogP contribution in [0, 0.1) is 5.41 Å². The third-order valence-corrected chi connectivity index (χ3v) is 5.67. The lowest BCUT2D eigenvalue weighted by atomic mass is 10.1. The number of carboxylic acid groups (broad SMARTS) is 1. The Morgan fingerprint density at radius 2 is 1.73 bits per heavy atom. The van der Waals surface area contributed by atoms with Gasteiger partial charge in [-0.05, 0) is 55.7 Å². The number of carboxylic acids is 1. The molecule has 2 amide bonds. The molecule has 2 rings (SSSR count). The van der Waals surface area contributed by atoms with Crippen LogP contribution in [0.3, 0.4) is 0 Å². The number of aliphatic carboxylic acids is 1. The van der Waals surface area contributed by atoms with Gasteiger partial charge in [-0.1, -0.05) is 35.3 Å². The molecular formula is C24H28Cl2N6O5. The van der Waals surface area contributed by atoms with Crippen molar-refractivity contribution < 1.29 is 24.3 Å². The lowest BCUT2D eigenvalue weighted by Gasteiger charge is -2.26. The van der Waals surface area contributed by atoms with Crippen LogP contribution >= 0.6 is 23.2 Å². The van der Waals surface area contributed by atoms with Crippen molar-refractivity contribution in [2.24, 2.45) is 11.5 Å². The van der Waals surface area contributed by atoms with Gasteiger partial charge in [-0.2, -0.15) is 0 Å². The molecule has 0 heterocycles. The number of ketones is 1. The molecule has 0 saturated heterocycles. The second-order valence-electron chi connectivity index (χ2n) is 8.14. The van der Waals surface area contributed by atoms with Crippen molar-refractivity contribution in [2.75, 3.05) is 11.6 Å². The van der Waals surface area contributed by atoms with Gasteiger partial charge in [-0.25, -0.2) is 10.4 Å². The molecule has 11 nitrogen and oxygen atoms in total. The summed E-state index contributed by atoms with van der Waals surface area (Å²) in [5.41, 5.74) is 15.3. The van der Waals surface area contributed by atoms with Crippen LogP contribution < -0.4 is 21.9 Å². The van der Waals surface area contributed by atoms with Gasteiger partial charge >= 0.3 is 5.97 Å². The topological polar surface area (TPSA) is 183 Å². The molecule has 0 saturated carbocycles. The van der Waals surface area contributed by atoms with Gasteiger partial charge < -0.3 is 16.6 Å². The van der Waals surface area contributed by atoms with Gasteiger partial charge in [-0.15, -0.1) is 0 Å². The fraction of sp³-hybridized carbons (Fsp3) is 0.292. The number of guanidine groups is 1. The predicted molar refractivity (Wildman–Crippen MR) is 140 cm³/mol. The van der Waals surface area contributed by atoms with E-state index in [4.69, 9.17) is 45.2 Å². The maximum absolute atomic E-state index is 13.3. The van der Waals surface area contributed by atoms with E-state index in [0.717, 1.165) is 9.91 Å². The van der Waals surface area contributed by atoms with Crippen LogP contribution in [0.1, 0.15) is 42.1 Å². The normalized spacial score (nSPS) is 11.5. The number of amides is 2. The Kier molecular flexibility index (Phi) is 11.0. The first kappa shape index (κ1) is 29.7. The number of carbonyl (C=O) groups excluding carboxylic acids is 3. The molecule has 37 heavy (non-hydrogen) atoms. The average Bonchev–Trinajstić information content (AvgIpc) is 2.80. The molecule has 1 atom stereocenters. The highest BCUT2D eigenvalue weighted by atomic mass is 35.5. The summed E-state index contributed by atoms with van der Waals surface area (Å²) in [4.78, 5) is 49.8. The highest BCUT2D eigenvalue weighted by molar-refractivity contribution is 6.34. The number of nitrogens with zero attached hydrogens (tertiary/aromatic N) is 2. The fourth-order valence-electron chi connectivity index (χ4n) is 3.35. The average molecular weight is 551 g/mol. The van der Waals surface area contributed by atoms with Gasteiger partial charge in [0.05, 0.1) is 5.69 Å². The van der Waals surface area contributed by atoms with Gasteiger partial charge in [0.15, 0.2) is 11.7 Å². The summed E-state index contributed by atoms with van der Waals surface area (Å²) in [6, 6.07) is 10.0.